The number of nitro benzene ring substituents is 2. The molecule has 0 aromatic heterocycles. The Bertz CT molecular complexity index is 1120. The lowest BCUT2D eigenvalue weighted by atomic mass is 9.76. The molecule has 156 valence electrons. The molecule has 1 atom stereocenters. The van der Waals surface area contributed by atoms with Gasteiger partial charge in [0.15, 0.2) is 0 Å². The van der Waals surface area contributed by atoms with Crippen LogP contribution in [0.5, 0.6) is 5.75 Å². The highest BCUT2D eigenvalue weighted by atomic mass is 79.9. The van der Waals surface area contributed by atoms with E-state index in [0.717, 1.165) is 0 Å². The molecule has 30 heavy (non-hydrogen) atoms. The van der Waals surface area contributed by atoms with Crippen LogP contribution >= 0.6 is 15.9 Å². The van der Waals surface area contributed by atoms with Gasteiger partial charge in [0.2, 0.25) is 11.5 Å². The van der Waals surface area contributed by atoms with Crippen LogP contribution in [0.4, 0.5) is 17.1 Å². The molecule has 0 fully saturated rings. The van der Waals surface area contributed by atoms with E-state index < -0.39 is 21.0 Å². The van der Waals surface area contributed by atoms with Gasteiger partial charge in [0, 0.05) is 40.5 Å². The number of ether oxygens (including phenoxy) is 1. The van der Waals surface area contributed by atoms with E-state index in [1.807, 2.05) is 13.8 Å². The summed E-state index contributed by atoms with van der Waals surface area (Å²) in [7, 11) is 0. The van der Waals surface area contributed by atoms with E-state index in [2.05, 4.69) is 15.9 Å². The lowest BCUT2D eigenvalue weighted by Gasteiger charge is -2.46. The average Bonchev–Trinajstić information content (AvgIpc) is 2.86. The predicted molar refractivity (Wildman–Crippen MR) is 114 cm³/mol. The van der Waals surface area contributed by atoms with Gasteiger partial charge in [-0.25, -0.2) is 0 Å². The van der Waals surface area contributed by atoms with Gasteiger partial charge in [0.25, 0.3) is 5.69 Å². The van der Waals surface area contributed by atoms with Crippen LogP contribution in [-0.2, 0) is 5.41 Å². The Balaban J connectivity index is 1.94. The number of fused-ring (bicyclic) bond motifs is 2. The average molecular weight is 476 g/mol. The second kappa shape index (κ2) is 6.78. The fourth-order valence-electron chi connectivity index (χ4n) is 4.31. The zero-order valence-corrected chi connectivity index (χ0v) is 17.7. The number of hydrogen-bond donors (Lipinski definition) is 1. The molecular formula is C20H18BrN3O6. The molecule has 10 heteroatoms. The molecule has 4 rings (SSSR count). The number of nitrogens with zero attached hydrogens (tertiary/aromatic N) is 3. The summed E-state index contributed by atoms with van der Waals surface area (Å²) < 4.78 is 6.94. The van der Waals surface area contributed by atoms with Crippen molar-refractivity contribution >= 4 is 39.1 Å². The van der Waals surface area contributed by atoms with E-state index in [-0.39, 0.29) is 30.3 Å². The van der Waals surface area contributed by atoms with Crippen LogP contribution in [0.2, 0.25) is 0 Å². The number of aliphatic hydroxyl groups is 1. The van der Waals surface area contributed by atoms with Gasteiger partial charge < -0.3 is 14.7 Å². The summed E-state index contributed by atoms with van der Waals surface area (Å²) in [6.07, 6.45) is 3.55. The smallest absolute Gasteiger partial charge is 0.312 e. The van der Waals surface area contributed by atoms with E-state index in [9.17, 15) is 25.3 Å². The van der Waals surface area contributed by atoms with Crippen LogP contribution in [0.15, 0.2) is 40.9 Å². The largest absolute Gasteiger partial charge is 0.456 e. The van der Waals surface area contributed by atoms with Crippen LogP contribution in [-0.4, -0.2) is 33.8 Å². The first-order valence-electron chi connectivity index (χ1n) is 9.16. The van der Waals surface area contributed by atoms with Crippen LogP contribution < -0.4 is 9.64 Å². The molecule has 0 bridgehead atoms. The third-order valence-corrected chi connectivity index (χ3v) is 6.24. The molecule has 0 amide bonds. The molecule has 9 nitrogen and oxygen atoms in total. The molecule has 2 aromatic carbocycles. The van der Waals surface area contributed by atoms with Gasteiger partial charge in [-0.15, -0.1) is 0 Å². The molecule has 0 aliphatic carbocycles. The highest BCUT2D eigenvalue weighted by molar-refractivity contribution is 9.10. The van der Waals surface area contributed by atoms with Crippen molar-refractivity contribution < 1.29 is 19.7 Å². The van der Waals surface area contributed by atoms with Crippen molar-refractivity contribution in [3.8, 4) is 5.75 Å². The molecule has 0 saturated heterocycles. The number of non-ortho nitro benzene ring substituents is 1. The van der Waals surface area contributed by atoms with Crippen molar-refractivity contribution in [2.45, 2.75) is 25.0 Å². The number of rotatable bonds is 4. The lowest BCUT2D eigenvalue weighted by Crippen LogP contribution is -2.60. The van der Waals surface area contributed by atoms with E-state index >= 15 is 0 Å². The summed E-state index contributed by atoms with van der Waals surface area (Å²) in [5.41, 5.74) is -0.394. The molecular weight excluding hydrogens is 458 g/mol. The molecule has 2 aliphatic rings. The van der Waals surface area contributed by atoms with E-state index in [0.29, 0.717) is 21.3 Å². The second-order valence-corrected chi connectivity index (χ2v) is 8.61. The third kappa shape index (κ3) is 2.71. The van der Waals surface area contributed by atoms with Gasteiger partial charge in [0.1, 0.15) is 0 Å². The summed E-state index contributed by atoms with van der Waals surface area (Å²) in [5, 5.41) is 32.7. The first-order chi connectivity index (χ1) is 14.1. The summed E-state index contributed by atoms with van der Waals surface area (Å²) >= 11 is 3.29. The molecule has 2 heterocycles. The number of aliphatic hydroxyl groups excluding tert-OH is 1. The van der Waals surface area contributed by atoms with Crippen molar-refractivity contribution in [2.24, 2.45) is 0 Å². The van der Waals surface area contributed by atoms with Crippen molar-refractivity contribution in [3.05, 3.63) is 72.2 Å². The summed E-state index contributed by atoms with van der Waals surface area (Å²) in [5.74, 6) is 0.115. The number of benzene rings is 2. The van der Waals surface area contributed by atoms with Gasteiger partial charge in [-0.1, -0.05) is 15.9 Å². The topological polar surface area (TPSA) is 119 Å². The summed E-state index contributed by atoms with van der Waals surface area (Å²) in [6.45, 7) is 3.72. The van der Waals surface area contributed by atoms with Gasteiger partial charge in [-0.2, -0.15) is 0 Å². The zero-order chi connectivity index (χ0) is 21.8. The highest BCUT2D eigenvalue weighted by Gasteiger charge is 2.59. The lowest BCUT2D eigenvalue weighted by molar-refractivity contribution is -0.386. The van der Waals surface area contributed by atoms with Crippen molar-refractivity contribution in [2.75, 3.05) is 18.1 Å². The number of anilines is 1. The Morgan fingerprint density at radius 2 is 1.90 bits per heavy atom. The maximum atomic E-state index is 11.7. The fourth-order valence-corrected chi connectivity index (χ4v) is 4.78. The molecule has 0 unspecified atom stereocenters. The Kier molecular flexibility index (Phi) is 4.59. The Labute approximate surface area is 180 Å². The molecule has 2 aromatic rings. The minimum atomic E-state index is -1.21. The van der Waals surface area contributed by atoms with Crippen LogP contribution in [0.3, 0.4) is 0 Å². The minimum absolute atomic E-state index is 0.0575. The Morgan fingerprint density at radius 1 is 1.17 bits per heavy atom. The van der Waals surface area contributed by atoms with Crippen molar-refractivity contribution in [1.82, 2.24) is 0 Å². The predicted octanol–water partition coefficient (Wildman–Crippen LogP) is 4.16. The van der Waals surface area contributed by atoms with Crippen LogP contribution in [0, 0.1) is 20.2 Å². The fraction of sp³-hybridized carbons (Fsp3) is 0.300. The second-order valence-electron chi connectivity index (χ2n) is 7.69. The summed E-state index contributed by atoms with van der Waals surface area (Å²) in [6, 6.07) is 7.63. The first-order valence-corrected chi connectivity index (χ1v) is 9.95. The standard InChI is InChI=1S/C20H18BrN3O6/c1-19(2)15-11-14(23(26)27)3-4-16(15)22(7-8-25)20(19)6-5-12-9-13(21)10-17(24(28)29)18(12)30-20/h3-6,9-11,25H,7-8H2,1-2H3/t20-/m0/s1. The minimum Gasteiger partial charge on any atom is -0.456 e. The monoisotopic (exact) mass is 475 g/mol. The normalized spacial score (nSPS) is 20.6. The van der Waals surface area contributed by atoms with Crippen LogP contribution in [0.25, 0.3) is 6.08 Å². The van der Waals surface area contributed by atoms with Gasteiger partial charge in [-0.3, -0.25) is 20.2 Å². The van der Waals surface area contributed by atoms with E-state index in [1.54, 1.807) is 29.2 Å². The number of halogens is 1. The highest BCUT2D eigenvalue weighted by Crippen LogP contribution is 2.56. The number of β-amino-alcohol motifs (C(OH)–C–C–N with tert-alkyl or cyclic N) is 1. The van der Waals surface area contributed by atoms with Gasteiger partial charge in [-0.05, 0) is 43.7 Å². The van der Waals surface area contributed by atoms with E-state index in [4.69, 9.17) is 4.74 Å². The quantitative estimate of drug-likeness (QED) is 0.520. The van der Waals surface area contributed by atoms with E-state index in [1.165, 1.54) is 18.2 Å². The maximum Gasteiger partial charge on any atom is 0.312 e. The SMILES string of the molecule is CC1(C)c2cc([N+](=O)[O-])ccc2N(CCO)[C@]12C=Cc1cc(Br)cc([N+](=O)[O-])c1O2. The number of hydrogen-bond acceptors (Lipinski definition) is 7. The maximum absolute atomic E-state index is 11.7. The zero-order valence-electron chi connectivity index (χ0n) is 16.2. The van der Waals surface area contributed by atoms with Crippen LogP contribution in [0.1, 0.15) is 25.0 Å². The summed E-state index contributed by atoms with van der Waals surface area (Å²) in [4.78, 5) is 23.8. The third-order valence-electron chi connectivity index (χ3n) is 5.78. The molecule has 0 saturated carbocycles. The Hall–Kier alpha value is -2.98. The molecule has 0 radical (unpaired) electrons. The number of nitro groups is 2. The molecule has 1 N–H and O–H groups in total. The van der Waals surface area contributed by atoms with Crippen molar-refractivity contribution in [3.63, 3.8) is 0 Å². The van der Waals surface area contributed by atoms with Crippen molar-refractivity contribution in [1.29, 1.82) is 0 Å². The molecule has 2 aliphatic heterocycles. The van der Waals surface area contributed by atoms with Gasteiger partial charge >= 0.3 is 5.69 Å². The Morgan fingerprint density at radius 3 is 2.53 bits per heavy atom. The first kappa shape index (κ1) is 20.3. The molecule has 1 spiro atoms. The van der Waals surface area contributed by atoms with Gasteiger partial charge in [0.05, 0.1) is 21.9 Å².